The van der Waals surface area contributed by atoms with Gasteiger partial charge in [-0.25, -0.2) is 4.21 Å². The third kappa shape index (κ3) is 7.53. The summed E-state index contributed by atoms with van der Waals surface area (Å²) in [5, 5.41) is 22.2. The van der Waals surface area contributed by atoms with E-state index in [4.69, 9.17) is 9.29 Å². The number of hydrogen-bond donors (Lipinski definition) is 3. The van der Waals surface area contributed by atoms with Crippen molar-refractivity contribution in [3.05, 3.63) is 11.5 Å². The van der Waals surface area contributed by atoms with E-state index >= 15 is 0 Å². The predicted octanol–water partition coefficient (Wildman–Crippen LogP) is 2.60. The van der Waals surface area contributed by atoms with Crippen molar-refractivity contribution in [2.75, 3.05) is 0 Å². The first-order chi connectivity index (χ1) is 11.4. The highest BCUT2D eigenvalue weighted by Gasteiger charge is 2.46. The number of carbonyl (C=O) groups is 1. The maximum absolute atomic E-state index is 12.0. The summed E-state index contributed by atoms with van der Waals surface area (Å²) in [5.74, 6) is -0.274. The quantitative estimate of drug-likeness (QED) is 0.339. The van der Waals surface area contributed by atoms with E-state index in [-0.39, 0.29) is 18.5 Å². The number of piperidine rings is 1. The molecule has 146 valence electrons. The van der Waals surface area contributed by atoms with E-state index in [1.807, 2.05) is 27.7 Å². The van der Waals surface area contributed by atoms with Crippen LogP contribution in [0.25, 0.3) is 0 Å². The summed E-state index contributed by atoms with van der Waals surface area (Å²) >= 11 is -2.06. The molecule has 2 unspecified atom stereocenters. The normalized spacial score (nSPS) is 23.5. The molecule has 0 aromatic carbocycles. The Morgan fingerprint density at radius 2 is 1.84 bits per heavy atom. The molecule has 0 spiro atoms. The molecule has 1 fully saturated rings. The Hall–Kier alpha value is -0.800. The molecule has 2 atom stereocenters. The van der Waals surface area contributed by atoms with E-state index in [9.17, 15) is 19.3 Å². The second kappa shape index (κ2) is 9.23. The molecule has 0 bridgehead atoms. The fourth-order valence-electron chi connectivity index (χ4n) is 3.38. The van der Waals surface area contributed by atoms with Crippen molar-refractivity contribution in [3.63, 3.8) is 0 Å². The van der Waals surface area contributed by atoms with Crippen LogP contribution >= 0.6 is 0 Å². The van der Waals surface area contributed by atoms with Crippen LogP contribution in [-0.2, 0) is 20.6 Å². The smallest absolute Gasteiger partial charge is 0.306 e. The predicted molar refractivity (Wildman–Crippen MR) is 95.3 cm³/mol. The Kier molecular flexibility index (Phi) is 8.21. The number of unbranched alkanes of at least 4 members (excludes halogenated alkanes) is 1. The SMILES string of the molecule is CC1(C)CC(OC(=O)CCCCC(O)C=CS(=O)O)CC(C)(C)N1O. The van der Waals surface area contributed by atoms with Crippen molar-refractivity contribution in [1.82, 2.24) is 5.06 Å². The first-order valence-corrected chi connectivity index (χ1v) is 9.76. The molecule has 0 saturated carbocycles. The van der Waals surface area contributed by atoms with Gasteiger partial charge >= 0.3 is 5.97 Å². The van der Waals surface area contributed by atoms with Crippen molar-refractivity contribution in [2.24, 2.45) is 0 Å². The molecular formula is C17H31NO6S. The first-order valence-electron chi connectivity index (χ1n) is 8.59. The second-order valence-corrected chi connectivity index (χ2v) is 8.70. The van der Waals surface area contributed by atoms with Gasteiger partial charge in [-0.3, -0.25) is 4.79 Å². The molecule has 0 amide bonds. The van der Waals surface area contributed by atoms with Crippen LogP contribution in [0.3, 0.4) is 0 Å². The summed E-state index contributed by atoms with van der Waals surface area (Å²) in [6.45, 7) is 7.68. The van der Waals surface area contributed by atoms with Gasteiger partial charge in [0, 0.05) is 35.7 Å². The molecule has 1 rings (SSSR count). The lowest BCUT2D eigenvalue weighted by Gasteiger charge is -2.50. The summed E-state index contributed by atoms with van der Waals surface area (Å²) < 4.78 is 24.6. The zero-order valence-corrected chi connectivity index (χ0v) is 16.3. The summed E-state index contributed by atoms with van der Waals surface area (Å²) in [7, 11) is 0. The van der Waals surface area contributed by atoms with Crippen molar-refractivity contribution in [3.8, 4) is 0 Å². The van der Waals surface area contributed by atoms with E-state index in [1.165, 1.54) is 11.1 Å². The van der Waals surface area contributed by atoms with Crippen LogP contribution in [0.15, 0.2) is 11.5 Å². The van der Waals surface area contributed by atoms with Crippen LogP contribution in [0.1, 0.15) is 66.2 Å². The molecule has 7 nitrogen and oxygen atoms in total. The summed E-state index contributed by atoms with van der Waals surface area (Å²) in [5.41, 5.74) is -0.925. The average molecular weight is 378 g/mol. The number of ether oxygens (including phenoxy) is 1. The molecule has 3 N–H and O–H groups in total. The van der Waals surface area contributed by atoms with Crippen molar-refractivity contribution in [1.29, 1.82) is 0 Å². The lowest BCUT2D eigenvalue weighted by molar-refractivity contribution is -0.259. The third-order valence-corrected chi connectivity index (χ3v) is 4.84. The average Bonchev–Trinajstić information content (AvgIpc) is 2.46. The van der Waals surface area contributed by atoms with E-state index in [1.54, 1.807) is 0 Å². The Labute approximate surface area is 152 Å². The highest BCUT2D eigenvalue weighted by molar-refractivity contribution is 7.82. The topological polar surface area (TPSA) is 107 Å². The Balaban J connectivity index is 2.34. The van der Waals surface area contributed by atoms with E-state index < -0.39 is 28.3 Å². The van der Waals surface area contributed by atoms with Gasteiger partial charge in [-0.15, -0.1) is 0 Å². The number of hydroxylamine groups is 2. The lowest BCUT2D eigenvalue weighted by Crippen LogP contribution is -2.60. The largest absolute Gasteiger partial charge is 0.462 e. The van der Waals surface area contributed by atoms with Gasteiger partial charge in [0.25, 0.3) is 0 Å². The Morgan fingerprint density at radius 3 is 2.36 bits per heavy atom. The number of rotatable bonds is 8. The van der Waals surface area contributed by atoms with Crippen LogP contribution in [0, 0.1) is 0 Å². The van der Waals surface area contributed by atoms with Gasteiger partial charge < -0.3 is 19.6 Å². The second-order valence-electron chi connectivity index (χ2n) is 7.87. The lowest BCUT2D eigenvalue weighted by atomic mass is 9.80. The summed E-state index contributed by atoms with van der Waals surface area (Å²) in [6, 6.07) is 0. The van der Waals surface area contributed by atoms with Crippen LogP contribution in [0.2, 0.25) is 0 Å². The van der Waals surface area contributed by atoms with Gasteiger partial charge in [-0.1, -0.05) is 0 Å². The molecule has 0 aromatic heterocycles. The molecule has 1 saturated heterocycles. The zero-order valence-electron chi connectivity index (χ0n) is 15.5. The van der Waals surface area contributed by atoms with Gasteiger partial charge in [0.15, 0.2) is 11.1 Å². The van der Waals surface area contributed by atoms with Gasteiger partial charge in [-0.2, -0.15) is 5.06 Å². The summed E-state index contributed by atoms with van der Waals surface area (Å²) in [4.78, 5) is 12.0. The molecule has 1 aliphatic heterocycles. The van der Waals surface area contributed by atoms with Crippen molar-refractivity contribution >= 4 is 17.0 Å². The maximum atomic E-state index is 12.0. The van der Waals surface area contributed by atoms with Crippen molar-refractivity contribution < 1.29 is 28.6 Å². The number of hydrogen-bond acceptors (Lipinski definition) is 6. The molecule has 25 heavy (non-hydrogen) atoms. The molecule has 1 heterocycles. The van der Waals surface area contributed by atoms with Crippen LogP contribution in [0.4, 0.5) is 0 Å². The molecule has 8 heteroatoms. The highest BCUT2D eigenvalue weighted by Crippen LogP contribution is 2.38. The molecule has 0 radical (unpaired) electrons. The number of aliphatic hydroxyl groups is 1. The number of esters is 1. The number of carbonyl (C=O) groups excluding carboxylic acids is 1. The van der Waals surface area contributed by atoms with Gasteiger partial charge in [0.1, 0.15) is 6.10 Å². The van der Waals surface area contributed by atoms with Gasteiger partial charge in [0.2, 0.25) is 0 Å². The van der Waals surface area contributed by atoms with Crippen LogP contribution in [-0.4, -0.2) is 53.4 Å². The minimum absolute atomic E-state index is 0.228. The Bertz CT molecular complexity index is 487. The number of aliphatic hydroxyl groups excluding tert-OH is 1. The first kappa shape index (κ1) is 22.2. The highest BCUT2D eigenvalue weighted by atomic mass is 32.2. The zero-order chi connectivity index (χ0) is 19.3. The van der Waals surface area contributed by atoms with Gasteiger partial charge in [-0.05, 0) is 53.0 Å². The van der Waals surface area contributed by atoms with Gasteiger partial charge in [0.05, 0.1) is 6.10 Å². The fourth-order valence-corrected chi connectivity index (χ4v) is 3.70. The van der Waals surface area contributed by atoms with Crippen LogP contribution in [0.5, 0.6) is 0 Å². The van der Waals surface area contributed by atoms with E-state index in [0.717, 1.165) is 5.41 Å². The minimum atomic E-state index is -2.06. The van der Waals surface area contributed by atoms with E-state index in [2.05, 4.69) is 0 Å². The third-order valence-electron chi connectivity index (χ3n) is 4.45. The standard InChI is InChI=1S/C17H31NO6S/c1-16(2)11-14(12-17(3,4)18(16)21)24-15(20)8-6-5-7-13(19)9-10-25(22)23/h9-10,13-14,19,21H,5-8,11-12H2,1-4H3,(H,22,23). The molecule has 0 aromatic rings. The van der Waals surface area contributed by atoms with E-state index in [0.29, 0.717) is 32.1 Å². The Morgan fingerprint density at radius 1 is 1.28 bits per heavy atom. The fraction of sp³-hybridized carbons (Fsp3) is 0.824. The minimum Gasteiger partial charge on any atom is -0.462 e. The summed E-state index contributed by atoms with van der Waals surface area (Å²) in [6.07, 6.45) is 3.29. The van der Waals surface area contributed by atoms with Crippen molar-refractivity contribution in [2.45, 2.75) is 89.5 Å². The maximum Gasteiger partial charge on any atom is 0.306 e. The number of nitrogens with zero attached hydrogens (tertiary/aromatic N) is 1. The molecule has 1 aliphatic rings. The van der Waals surface area contributed by atoms with Crippen LogP contribution < -0.4 is 0 Å². The molecule has 0 aliphatic carbocycles. The monoisotopic (exact) mass is 377 g/mol. The molecular weight excluding hydrogens is 346 g/mol.